The van der Waals surface area contributed by atoms with Crippen molar-refractivity contribution in [1.29, 1.82) is 0 Å². The first-order valence-electron chi connectivity index (χ1n) is 11.2. The molecule has 0 aliphatic heterocycles. The summed E-state index contributed by atoms with van der Waals surface area (Å²) >= 11 is 0. The maximum absolute atomic E-state index is 12.9. The second kappa shape index (κ2) is 10.3. The zero-order valence-corrected chi connectivity index (χ0v) is 19.2. The topological polar surface area (TPSA) is 116 Å². The molecule has 4 rings (SSSR count). The minimum absolute atomic E-state index is 0.0733. The van der Waals surface area contributed by atoms with Gasteiger partial charge in [-0.15, -0.1) is 0 Å². The third-order valence-electron chi connectivity index (χ3n) is 6.06. The van der Waals surface area contributed by atoms with Gasteiger partial charge in [0.25, 0.3) is 0 Å². The molecule has 0 saturated heterocycles. The van der Waals surface area contributed by atoms with E-state index in [1.165, 1.54) is 19.2 Å². The Bertz CT molecular complexity index is 1190. The highest BCUT2D eigenvalue weighted by molar-refractivity contribution is 5.88. The highest BCUT2D eigenvalue weighted by atomic mass is 16.5. The van der Waals surface area contributed by atoms with E-state index in [1.807, 2.05) is 48.5 Å². The lowest BCUT2D eigenvalue weighted by molar-refractivity contribution is -0.144. The van der Waals surface area contributed by atoms with E-state index in [9.17, 15) is 19.5 Å². The van der Waals surface area contributed by atoms with Gasteiger partial charge in [0.1, 0.15) is 24.9 Å². The molecule has 8 nitrogen and oxygen atoms in total. The van der Waals surface area contributed by atoms with Crippen molar-refractivity contribution in [2.75, 3.05) is 20.2 Å². The summed E-state index contributed by atoms with van der Waals surface area (Å²) in [5.41, 5.74) is 5.03. The van der Waals surface area contributed by atoms with Gasteiger partial charge in [0, 0.05) is 19.4 Å². The van der Waals surface area contributed by atoms with Crippen molar-refractivity contribution in [2.45, 2.75) is 18.4 Å². The van der Waals surface area contributed by atoms with Crippen molar-refractivity contribution in [1.82, 2.24) is 10.2 Å². The number of benzene rings is 3. The zero-order valence-electron chi connectivity index (χ0n) is 19.2. The van der Waals surface area contributed by atoms with Crippen molar-refractivity contribution in [3.63, 3.8) is 0 Å². The quantitative estimate of drug-likeness (QED) is 0.461. The molecule has 180 valence electrons. The summed E-state index contributed by atoms with van der Waals surface area (Å²) < 4.78 is 5.56. The number of rotatable bonds is 8. The number of ether oxygens (including phenoxy) is 1. The first-order valence-corrected chi connectivity index (χ1v) is 11.2. The van der Waals surface area contributed by atoms with E-state index >= 15 is 0 Å². The van der Waals surface area contributed by atoms with E-state index in [1.54, 1.807) is 12.1 Å². The number of carbonyl (C=O) groups is 3. The van der Waals surface area contributed by atoms with Crippen LogP contribution in [0.15, 0.2) is 72.8 Å². The van der Waals surface area contributed by atoms with Crippen molar-refractivity contribution < 1.29 is 29.3 Å². The van der Waals surface area contributed by atoms with Crippen LogP contribution in [0.3, 0.4) is 0 Å². The third-order valence-corrected chi connectivity index (χ3v) is 6.06. The van der Waals surface area contributed by atoms with E-state index in [-0.39, 0.29) is 24.7 Å². The number of aromatic hydroxyl groups is 1. The number of nitrogens with one attached hydrogen (secondary N) is 1. The van der Waals surface area contributed by atoms with Crippen LogP contribution in [-0.4, -0.2) is 59.3 Å². The zero-order chi connectivity index (χ0) is 24.9. The molecule has 0 saturated carbocycles. The Morgan fingerprint density at radius 3 is 2.09 bits per heavy atom. The van der Waals surface area contributed by atoms with Gasteiger partial charge in [-0.1, -0.05) is 60.7 Å². The number of hydrogen-bond acceptors (Lipinski definition) is 5. The Labute approximate surface area is 202 Å². The standard InChI is InChI=1S/C27H26N2O6/c1-29(15-25(31)32)26(33)24(14-17-10-12-18(30)13-11-17)28-27(34)35-16-23-21-8-4-2-6-19(21)20-7-3-5-9-22(20)23/h2-13,23-24,30H,14-16H2,1H3,(H,28,34)(H,31,32). The SMILES string of the molecule is CN(CC(=O)O)C(=O)C(Cc1ccc(O)cc1)NC(=O)OCC1c2ccccc2-c2ccccc21. The number of nitrogens with zero attached hydrogens (tertiary/aromatic N) is 1. The van der Waals surface area contributed by atoms with Crippen molar-refractivity contribution in [3.05, 3.63) is 89.5 Å². The number of carbonyl (C=O) groups excluding carboxylic acids is 2. The lowest BCUT2D eigenvalue weighted by Gasteiger charge is -2.24. The molecule has 2 amide bonds. The van der Waals surface area contributed by atoms with Gasteiger partial charge < -0.3 is 25.2 Å². The van der Waals surface area contributed by atoms with E-state index < -0.39 is 30.6 Å². The van der Waals surface area contributed by atoms with Crippen LogP contribution in [0.1, 0.15) is 22.6 Å². The molecule has 0 heterocycles. The number of phenols is 1. The summed E-state index contributed by atoms with van der Waals surface area (Å²) in [5.74, 6) is -1.78. The molecule has 1 aliphatic carbocycles. The van der Waals surface area contributed by atoms with Gasteiger partial charge in [-0.05, 0) is 39.9 Å². The second-order valence-electron chi connectivity index (χ2n) is 8.48. The monoisotopic (exact) mass is 474 g/mol. The molecule has 1 aliphatic rings. The molecular formula is C27H26N2O6. The normalized spacial score (nSPS) is 12.8. The minimum Gasteiger partial charge on any atom is -0.508 e. The summed E-state index contributed by atoms with van der Waals surface area (Å²) in [6.07, 6.45) is -0.666. The maximum atomic E-state index is 12.9. The Morgan fingerprint density at radius 2 is 1.51 bits per heavy atom. The number of aliphatic carboxylic acids is 1. The van der Waals surface area contributed by atoms with Crippen LogP contribution in [0.4, 0.5) is 4.79 Å². The highest BCUT2D eigenvalue weighted by Gasteiger charge is 2.30. The van der Waals surface area contributed by atoms with Crippen molar-refractivity contribution in [2.24, 2.45) is 0 Å². The lowest BCUT2D eigenvalue weighted by Crippen LogP contribution is -2.49. The van der Waals surface area contributed by atoms with E-state index in [4.69, 9.17) is 9.84 Å². The number of fused-ring (bicyclic) bond motifs is 3. The molecule has 3 aromatic rings. The average molecular weight is 475 g/mol. The van der Waals surface area contributed by atoms with Crippen LogP contribution in [0.5, 0.6) is 5.75 Å². The first-order chi connectivity index (χ1) is 16.8. The van der Waals surface area contributed by atoms with Gasteiger partial charge in [-0.2, -0.15) is 0 Å². The van der Waals surface area contributed by atoms with Crippen LogP contribution in [-0.2, 0) is 20.7 Å². The molecule has 1 unspecified atom stereocenters. The van der Waals surface area contributed by atoms with Crippen molar-refractivity contribution in [3.8, 4) is 16.9 Å². The number of phenolic OH excluding ortho intramolecular Hbond substituents is 1. The largest absolute Gasteiger partial charge is 0.508 e. The molecule has 1 atom stereocenters. The Morgan fingerprint density at radius 1 is 0.943 bits per heavy atom. The van der Waals surface area contributed by atoms with Crippen LogP contribution in [0.25, 0.3) is 11.1 Å². The fourth-order valence-electron chi connectivity index (χ4n) is 4.40. The number of alkyl carbamates (subject to hydrolysis) is 1. The summed E-state index contributed by atoms with van der Waals surface area (Å²) in [5, 5.41) is 21.2. The van der Waals surface area contributed by atoms with Crippen LogP contribution in [0, 0.1) is 0 Å². The molecule has 3 aromatic carbocycles. The minimum atomic E-state index is -1.16. The number of carboxylic acids is 1. The van der Waals surface area contributed by atoms with Gasteiger partial charge in [0.05, 0.1) is 0 Å². The third kappa shape index (κ3) is 5.43. The fourth-order valence-corrected chi connectivity index (χ4v) is 4.40. The summed E-state index contributed by atoms with van der Waals surface area (Å²) in [6, 6.07) is 21.1. The summed E-state index contributed by atoms with van der Waals surface area (Å²) in [4.78, 5) is 37.8. The van der Waals surface area contributed by atoms with Gasteiger partial charge >= 0.3 is 12.1 Å². The number of amides is 2. The van der Waals surface area contributed by atoms with E-state index in [2.05, 4.69) is 5.32 Å². The maximum Gasteiger partial charge on any atom is 0.407 e. The van der Waals surface area contributed by atoms with Crippen LogP contribution >= 0.6 is 0 Å². The number of carboxylic acid groups (broad SMARTS) is 1. The predicted molar refractivity (Wildman–Crippen MR) is 129 cm³/mol. The lowest BCUT2D eigenvalue weighted by atomic mass is 9.98. The van der Waals surface area contributed by atoms with Crippen LogP contribution < -0.4 is 5.32 Å². The molecule has 0 bridgehead atoms. The summed E-state index contributed by atoms with van der Waals surface area (Å²) in [7, 11) is 1.36. The molecule has 3 N–H and O–H groups in total. The Kier molecular flexibility index (Phi) is 7.01. The smallest absolute Gasteiger partial charge is 0.407 e. The fraction of sp³-hybridized carbons (Fsp3) is 0.222. The Hall–Kier alpha value is -4.33. The number of hydrogen-bond donors (Lipinski definition) is 3. The number of likely N-dealkylation sites (N-methyl/N-ethyl adjacent to an activating group) is 1. The van der Waals surface area contributed by atoms with Gasteiger partial charge in [-0.25, -0.2) is 4.79 Å². The molecule has 0 fully saturated rings. The second-order valence-corrected chi connectivity index (χ2v) is 8.48. The average Bonchev–Trinajstić information content (AvgIpc) is 3.16. The van der Waals surface area contributed by atoms with E-state index in [0.29, 0.717) is 5.56 Å². The molecule has 35 heavy (non-hydrogen) atoms. The van der Waals surface area contributed by atoms with Gasteiger partial charge in [-0.3, -0.25) is 9.59 Å². The molecule has 0 spiro atoms. The summed E-state index contributed by atoms with van der Waals surface area (Å²) in [6.45, 7) is -0.414. The van der Waals surface area contributed by atoms with Crippen LogP contribution in [0.2, 0.25) is 0 Å². The van der Waals surface area contributed by atoms with Gasteiger partial charge in [0.2, 0.25) is 5.91 Å². The molecule has 8 heteroatoms. The molecule has 0 radical (unpaired) electrons. The highest BCUT2D eigenvalue weighted by Crippen LogP contribution is 2.44. The Balaban J connectivity index is 1.47. The molecular weight excluding hydrogens is 448 g/mol. The van der Waals surface area contributed by atoms with E-state index in [0.717, 1.165) is 27.2 Å². The van der Waals surface area contributed by atoms with Crippen molar-refractivity contribution >= 4 is 18.0 Å². The van der Waals surface area contributed by atoms with Gasteiger partial charge in [0.15, 0.2) is 0 Å². The first kappa shape index (κ1) is 23.8. The molecule has 0 aromatic heterocycles. The predicted octanol–water partition coefficient (Wildman–Crippen LogP) is 3.39.